The topological polar surface area (TPSA) is 32.3 Å². The third-order valence-electron chi connectivity index (χ3n) is 5.00. The van der Waals surface area contributed by atoms with Gasteiger partial charge in [0.1, 0.15) is 0 Å². The number of halogens is 1. The molecule has 0 aliphatic carbocycles. The SMILES string of the molecule is Cc1ccc(CSCC(=O)N(C)C2CC3CCC(C2)N3)cc1.Cl. The number of aryl methyl sites for hydroxylation is 1. The number of benzene rings is 1. The lowest BCUT2D eigenvalue weighted by Gasteiger charge is -2.35. The van der Waals surface area contributed by atoms with Crippen LogP contribution in [0, 0.1) is 6.92 Å². The maximum absolute atomic E-state index is 12.4. The lowest BCUT2D eigenvalue weighted by atomic mass is 9.98. The predicted molar refractivity (Wildman–Crippen MR) is 100 cm³/mol. The fourth-order valence-electron chi connectivity index (χ4n) is 3.59. The summed E-state index contributed by atoms with van der Waals surface area (Å²) in [5.41, 5.74) is 2.58. The van der Waals surface area contributed by atoms with Crippen molar-refractivity contribution in [1.29, 1.82) is 0 Å². The molecule has 2 aliphatic heterocycles. The first-order valence-corrected chi connectivity index (χ1v) is 9.42. The van der Waals surface area contributed by atoms with Gasteiger partial charge in [-0.05, 0) is 38.2 Å². The summed E-state index contributed by atoms with van der Waals surface area (Å²) in [6.45, 7) is 2.10. The second kappa shape index (κ2) is 8.41. The van der Waals surface area contributed by atoms with E-state index in [1.807, 2.05) is 11.9 Å². The molecule has 3 rings (SSSR count). The number of carbonyl (C=O) groups excluding carboxylic acids is 1. The minimum atomic E-state index is 0. The van der Waals surface area contributed by atoms with Gasteiger partial charge in [-0.15, -0.1) is 24.2 Å². The van der Waals surface area contributed by atoms with Gasteiger partial charge < -0.3 is 10.2 Å². The van der Waals surface area contributed by atoms with E-state index in [4.69, 9.17) is 0 Å². The average molecular weight is 355 g/mol. The third kappa shape index (κ3) is 4.88. The number of rotatable bonds is 5. The van der Waals surface area contributed by atoms with Crippen molar-refractivity contribution in [3.63, 3.8) is 0 Å². The summed E-state index contributed by atoms with van der Waals surface area (Å²) in [5, 5.41) is 3.64. The van der Waals surface area contributed by atoms with E-state index in [0.717, 1.165) is 18.6 Å². The standard InChI is InChI=1S/C18H26N2OS.ClH/c1-13-3-5-14(6-4-13)11-22-12-18(21)20(2)17-9-15-7-8-16(10-17)19-15;/h3-6,15-17,19H,7-12H2,1-2H3;1H. The van der Waals surface area contributed by atoms with Gasteiger partial charge in [-0.25, -0.2) is 0 Å². The number of carbonyl (C=O) groups is 1. The number of nitrogens with zero attached hydrogens (tertiary/aromatic N) is 1. The Kier molecular flexibility index (Phi) is 6.81. The second-order valence-electron chi connectivity index (χ2n) is 6.75. The lowest BCUT2D eigenvalue weighted by Crippen LogP contribution is -2.49. The Morgan fingerprint density at radius 1 is 1.22 bits per heavy atom. The Hall–Kier alpha value is -0.710. The summed E-state index contributed by atoms with van der Waals surface area (Å²) < 4.78 is 0. The Morgan fingerprint density at radius 2 is 1.83 bits per heavy atom. The molecule has 1 aromatic carbocycles. The summed E-state index contributed by atoms with van der Waals surface area (Å²) >= 11 is 1.72. The van der Waals surface area contributed by atoms with Crippen LogP contribution in [-0.4, -0.2) is 41.7 Å². The van der Waals surface area contributed by atoms with E-state index in [1.54, 1.807) is 11.8 Å². The number of thioether (sulfide) groups is 1. The maximum Gasteiger partial charge on any atom is 0.232 e. The summed E-state index contributed by atoms with van der Waals surface area (Å²) in [6, 6.07) is 10.3. The maximum atomic E-state index is 12.4. The van der Waals surface area contributed by atoms with Gasteiger partial charge in [-0.2, -0.15) is 0 Å². The van der Waals surface area contributed by atoms with Crippen LogP contribution in [0.25, 0.3) is 0 Å². The number of hydrogen-bond acceptors (Lipinski definition) is 3. The molecule has 1 amide bonds. The molecule has 1 N–H and O–H groups in total. The zero-order valence-electron chi connectivity index (χ0n) is 14.0. The molecule has 0 spiro atoms. The quantitative estimate of drug-likeness (QED) is 0.879. The molecule has 0 aromatic heterocycles. The van der Waals surface area contributed by atoms with Gasteiger partial charge in [-0.3, -0.25) is 4.79 Å². The van der Waals surface area contributed by atoms with Crippen molar-refractivity contribution >= 4 is 30.1 Å². The van der Waals surface area contributed by atoms with Crippen LogP contribution in [-0.2, 0) is 10.5 Å². The first-order valence-electron chi connectivity index (χ1n) is 8.27. The molecule has 0 saturated carbocycles. The van der Waals surface area contributed by atoms with Gasteiger partial charge in [0.2, 0.25) is 5.91 Å². The first kappa shape index (κ1) is 18.6. The largest absolute Gasteiger partial charge is 0.342 e. The molecular formula is C18H27ClN2OS. The van der Waals surface area contributed by atoms with Crippen LogP contribution in [0.1, 0.15) is 36.8 Å². The van der Waals surface area contributed by atoms with Gasteiger partial charge in [0.05, 0.1) is 5.75 Å². The van der Waals surface area contributed by atoms with E-state index in [2.05, 4.69) is 36.5 Å². The Morgan fingerprint density at radius 3 is 2.43 bits per heavy atom. The molecular weight excluding hydrogens is 328 g/mol. The van der Waals surface area contributed by atoms with Gasteiger partial charge in [0.15, 0.2) is 0 Å². The summed E-state index contributed by atoms with van der Waals surface area (Å²) in [7, 11) is 1.99. The van der Waals surface area contributed by atoms with Crippen LogP contribution >= 0.6 is 24.2 Å². The Balaban J connectivity index is 0.00000192. The molecule has 2 unspecified atom stereocenters. The molecule has 128 valence electrons. The summed E-state index contributed by atoms with van der Waals surface area (Å²) in [6.07, 6.45) is 4.82. The molecule has 2 atom stereocenters. The van der Waals surface area contributed by atoms with Crippen molar-refractivity contribution in [2.24, 2.45) is 0 Å². The second-order valence-corrected chi connectivity index (χ2v) is 7.73. The summed E-state index contributed by atoms with van der Waals surface area (Å²) in [5.74, 6) is 1.78. The van der Waals surface area contributed by atoms with Crippen LogP contribution < -0.4 is 5.32 Å². The lowest BCUT2D eigenvalue weighted by molar-refractivity contribution is -0.129. The van der Waals surface area contributed by atoms with Crippen molar-refractivity contribution in [3.8, 4) is 0 Å². The van der Waals surface area contributed by atoms with E-state index in [0.29, 0.717) is 23.9 Å². The molecule has 23 heavy (non-hydrogen) atoms. The molecule has 0 radical (unpaired) electrons. The van der Waals surface area contributed by atoms with Crippen molar-refractivity contribution < 1.29 is 4.79 Å². The molecule has 3 nitrogen and oxygen atoms in total. The highest BCUT2D eigenvalue weighted by Crippen LogP contribution is 2.29. The minimum Gasteiger partial charge on any atom is -0.342 e. The fraction of sp³-hybridized carbons (Fsp3) is 0.611. The monoisotopic (exact) mass is 354 g/mol. The van der Waals surface area contributed by atoms with Crippen molar-refractivity contribution in [2.45, 2.75) is 56.5 Å². The van der Waals surface area contributed by atoms with Crippen molar-refractivity contribution in [3.05, 3.63) is 35.4 Å². The van der Waals surface area contributed by atoms with Gasteiger partial charge >= 0.3 is 0 Å². The van der Waals surface area contributed by atoms with Crippen LogP contribution in [0.2, 0.25) is 0 Å². The highest BCUT2D eigenvalue weighted by molar-refractivity contribution is 7.99. The van der Waals surface area contributed by atoms with Crippen LogP contribution in [0.4, 0.5) is 0 Å². The number of piperidine rings is 1. The van der Waals surface area contributed by atoms with E-state index < -0.39 is 0 Å². The van der Waals surface area contributed by atoms with E-state index in [9.17, 15) is 4.79 Å². The van der Waals surface area contributed by atoms with Crippen molar-refractivity contribution in [1.82, 2.24) is 10.2 Å². The molecule has 5 heteroatoms. The molecule has 2 heterocycles. The number of fused-ring (bicyclic) bond motifs is 2. The van der Waals surface area contributed by atoms with Crippen molar-refractivity contribution in [2.75, 3.05) is 12.8 Å². The Bertz CT molecular complexity index is 510. The van der Waals surface area contributed by atoms with Crippen LogP contribution in [0.5, 0.6) is 0 Å². The van der Waals surface area contributed by atoms with Gasteiger partial charge in [0.25, 0.3) is 0 Å². The normalized spacial score (nSPS) is 25.7. The molecule has 2 saturated heterocycles. The smallest absolute Gasteiger partial charge is 0.232 e. The number of amides is 1. The van der Waals surface area contributed by atoms with E-state index in [1.165, 1.54) is 24.0 Å². The first-order chi connectivity index (χ1) is 10.6. The molecule has 2 bridgehead atoms. The third-order valence-corrected chi connectivity index (χ3v) is 5.99. The zero-order valence-corrected chi connectivity index (χ0v) is 15.6. The highest BCUT2D eigenvalue weighted by Gasteiger charge is 2.36. The van der Waals surface area contributed by atoms with E-state index >= 15 is 0 Å². The molecule has 2 fully saturated rings. The van der Waals surface area contributed by atoms with Gasteiger partial charge in [-0.1, -0.05) is 29.8 Å². The number of nitrogens with one attached hydrogen (secondary N) is 1. The summed E-state index contributed by atoms with van der Waals surface area (Å²) in [4.78, 5) is 14.4. The fourth-order valence-corrected chi connectivity index (χ4v) is 4.50. The molecule has 2 aliphatic rings. The minimum absolute atomic E-state index is 0. The van der Waals surface area contributed by atoms with Crippen LogP contribution in [0.3, 0.4) is 0 Å². The highest BCUT2D eigenvalue weighted by atomic mass is 35.5. The number of hydrogen-bond donors (Lipinski definition) is 1. The average Bonchev–Trinajstić information content (AvgIpc) is 2.86. The zero-order chi connectivity index (χ0) is 15.5. The van der Waals surface area contributed by atoms with Gasteiger partial charge in [0, 0.05) is 30.9 Å². The van der Waals surface area contributed by atoms with Crippen LogP contribution in [0.15, 0.2) is 24.3 Å². The molecule has 1 aromatic rings. The predicted octanol–water partition coefficient (Wildman–Crippen LogP) is 3.39. The van der Waals surface area contributed by atoms with E-state index in [-0.39, 0.29) is 18.3 Å². The Labute approximate surface area is 150 Å².